The van der Waals surface area contributed by atoms with Crippen molar-refractivity contribution in [2.75, 3.05) is 19.6 Å². The lowest BCUT2D eigenvalue weighted by atomic mass is 9.96. The van der Waals surface area contributed by atoms with Crippen LogP contribution in [0.4, 0.5) is 0 Å². The average Bonchev–Trinajstić information content (AvgIpc) is 2.34. The molecule has 1 aliphatic rings. The van der Waals surface area contributed by atoms with Gasteiger partial charge in [0.15, 0.2) is 5.78 Å². The molecule has 1 aromatic carbocycles. The van der Waals surface area contributed by atoms with Gasteiger partial charge in [0.1, 0.15) is 0 Å². The Morgan fingerprint density at radius 3 is 2.67 bits per heavy atom. The summed E-state index contributed by atoms with van der Waals surface area (Å²) in [6.45, 7) is 6.12. The third-order valence-electron chi connectivity index (χ3n) is 3.68. The summed E-state index contributed by atoms with van der Waals surface area (Å²) in [7, 11) is 0. The molecule has 98 valence electrons. The van der Waals surface area contributed by atoms with Crippen molar-refractivity contribution in [1.29, 1.82) is 0 Å². The molecule has 0 amide bonds. The number of rotatable bonds is 3. The lowest BCUT2D eigenvalue weighted by Gasteiger charge is -2.33. The number of aliphatic hydroxyl groups is 1. The number of aryl methyl sites for hydroxylation is 1. The zero-order valence-electron chi connectivity index (χ0n) is 11.1. The lowest BCUT2D eigenvalue weighted by Crippen LogP contribution is -2.44. The first-order valence-electron chi connectivity index (χ1n) is 6.56. The molecule has 0 aromatic heterocycles. The first-order valence-corrected chi connectivity index (χ1v) is 6.56. The van der Waals surface area contributed by atoms with Gasteiger partial charge in [-0.15, -0.1) is 0 Å². The maximum absolute atomic E-state index is 12.1. The molecule has 0 spiro atoms. The number of aliphatic hydroxyl groups excluding tert-OH is 1. The van der Waals surface area contributed by atoms with E-state index in [1.165, 1.54) is 5.56 Å². The van der Waals surface area contributed by atoms with Gasteiger partial charge in [-0.2, -0.15) is 0 Å². The van der Waals surface area contributed by atoms with Gasteiger partial charge in [0, 0.05) is 18.7 Å². The van der Waals surface area contributed by atoms with Crippen molar-refractivity contribution in [1.82, 2.24) is 4.90 Å². The molecular formula is C15H21NO2. The first kappa shape index (κ1) is 13.2. The van der Waals surface area contributed by atoms with E-state index in [1.54, 1.807) is 0 Å². The van der Waals surface area contributed by atoms with E-state index in [4.69, 9.17) is 0 Å². The third-order valence-corrected chi connectivity index (χ3v) is 3.68. The number of Topliss-reactive ketones (excluding diaryl/α,β-unsaturated/α-hetero) is 1. The third kappa shape index (κ3) is 3.18. The Hall–Kier alpha value is -1.19. The van der Waals surface area contributed by atoms with Crippen LogP contribution in [0, 0.1) is 12.8 Å². The minimum Gasteiger partial charge on any atom is -0.393 e. The van der Waals surface area contributed by atoms with Crippen LogP contribution in [0.1, 0.15) is 29.3 Å². The number of hydrogen-bond donors (Lipinski definition) is 1. The maximum atomic E-state index is 12.1. The van der Waals surface area contributed by atoms with Crippen molar-refractivity contribution in [2.45, 2.75) is 26.4 Å². The number of carbonyl (C=O) groups excluding carboxylic acids is 1. The summed E-state index contributed by atoms with van der Waals surface area (Å²) in [5.41, 5.74) is 1.95. The van der Waals surface area contributed by atoms with Gasteiger partial charge in [0.05, 0.1) is 12.6 Å². The van der Waals surface area contributed by atoms with Crippen LogP contribution >= 0.6 is 0 Å². The zero-order valence-corrected chi connectivity index (χ0v) is 11.1. The lowest BCUT2D eigenvalue weighted by molar-refractivity contribution is 0.0344. The van der Waals surface area contributed by atoms with E-state index in [1.807, 2.05) is 38.1 Å². The molecule has 3 heteroatoms. The fourth-order valence-electron chi connectivity index (χ4n) is 2.40. The molecule has 1 fully saturated rings. The predicted octanol–water partition coefficient (Wildman–Crippen LogP) is 1.88. The van der Waals surface area contributed by atoms with Crippen LogP contribution in [0.2, 0.25) is 0 Å². The van der Waals surface area contributed by atoms with Crippen LogP contribution < -0.4 is 0 Å². The van der Waals surface area contributed by atoms with E-state index < -0.39 is 0 Å². The van der Waals surface area contributed by atoms with E-state index in [9.17, 15) is 9.90 Å². The smallest absolute Gasteiger partial charge is 0.176 e. The average molecular weight is 247 g/mol. The number of nitrogens with zero attached hydrogens (tertiary/aromatic N) is 1. The van der Waals surface area contributed by atoms with Gasteiger partial charge in [0.2, 0.25) is 0 Å². The van der Waals surface area contributed by atoms with Crippen LogP contribution in [-0.4, -0.2) is 41.5 Å². The minimum absolute atomic E-state index is 0.165. The van der Waals surface area contributed by atoms with E-state index in [0.29, 0.717) is 6.54 Å². The van der Waals surface area contributed by atoms with E-state index in [0.717, 1.165) is 25.1 Å². The quantitative estimate of drug-likeness (QED) is 0.829. The molecule has 0 bridgehead atoms. The van der Waals surface area contributed by atoms with Crippen molar-refractivity contribution >= 4 is 5.78 Å². The van der Waals surface area contributed by atoms with Crippen LogP contribution in [0.3, 0.4) is 0 Å². The van der Waals surface area contributed by atoms with Crippen LogP contribution in [0.25, 0.3) is 0 Å². The van der Waals surface area contributed by atoms with Crippen LogP contribution in [-0.2, 0) is 0 Å². The highest BCUT2D eigenvalue weighted by molar-refractivity contribution is 5.97. The molecule has 2 unspecified atom stereocenters. The van der Waals surface area contributed by atoms with Crippen molar-refractivity contribution in [3.63, 3.8) is 0 Å². The van der Waals surface area contributed by atoms with Gasteiger partial charge in [0.25, 0.3) is 0 Å². The number of benzene rings is 1. The van der Waals surface area contributed by atoms with E-state index >= 15 is 0 Å². The Bertz CT molecular complexity index is 413. The fraction of sp³-hybridized carbons (Fsp3) is 0.533. The number of piperidine rings is 1. The predicted molar refractivity (Wildman–Crippen MR) is 71.7 cm³/mol. The minimum atomic E-state index is -0.212. The second kappa shape index (κ2) is 5.63. The first-order chi connectivity index (χ1) is 8.56. The molecule has 1 aliphatic heterocycles. The Labute approximate surface area is 108 Å². The van der Waals surface area contributed by atoms with Crippen molar-refractivity contribution < 1.29 is 9.90 Å². The Kier molecular flexibility index (Phi) is 4.15. The summed E-state index contributed by atoms with van der Waals surface area (Å²) in [6.07, 6.45) is 0.554. The molecule has 1 saturated heterocycles. The number of likely N-dealkylation sites (tertiary alicyclic amines) is 1. The molecule has 1 N–H and O–H groups in total. The molecule has 0 saturated carbocycles. The summed E-state index contributed by atoms with van der Waals surface area (Å²) < 4.78 is 0. The largest absolute Gasteiger partial charge is 0.393 e. The molecule has 1 aromatic rings. The second-order valence-corrected chi connectivity index (χ2v) is 5.36. The maximum Gasteiger partial charge on any atom is 0.176 e. The topological polar surface area (TPSA) is 40.5 Å². The molecule has 0 radical (unpaired) electrons. The SMILES string of the molecule is Cc1ccc(C(=O)CN2CCC(O)C(C)C2)cc1. The van der Waals surface area contributed by atoms with E-state index in [2.05, 4.69) is 4.90 Å². The van der Waals surface area contributed by atoms with Crippen molar-refractivity contribution in [2.24, 2.45) is 5.92 Å². The Morgan fingerprint density at radius 1 is 1.39 bits per heavy atom. The summed E-state index contributed by atoms with van der Waals surface area (Å²) in [5.74, 6) is 0.420. The van der Waals surface area contributed by atoms with Gasteiger partial charge in [-0.1, -0.05) is 36.8 Å². The van der Waals surface area contributed by atoms with Gasteiger partial charge in [-0.25, -0.2) is 0 Å². The number of carbonyl (C=O) groups is 1. The Morgan fingerprint density at radius 2 is 2.06 bits per heavy atom. The highest BCUT2D eigenvalue weighted by Gasteiger charge is 2.25. The van der Waals surface area contributed by atoms with Gasteiger partial charge >= 0.3 is 0 Å². The normalized spacial score (nSPS) is 25.1. The molecule has 3 nitrogen and oxygen atoms in total. The number of ketones is 1. The zero-order chi connectivity index (χ0) is 13.1. The monoisotopic (exact) mass is 247 g/mol. The molecule has 0 aliphatic carbocycles. The standard InChI is InChI=1S/C15H21NO2/c1-11-3-5-13(6-4-11)15(18)10-16-8-7-14(17)12(2)9-16/h3-6,12,14,17H,7-10H2,1-2H3. The van der Waals surface area contributed by atoms with Crippen LogP contribution in [0.5, 0.6) is 0 Å². The molecule has 2 rings (SSSR count). The fourth-order valence-corrected chi connectivity index (χ4v) is 2.40. The van der Waals surface area contributed by atoms with Gasteiger partial charge < -0.3 is 5.11 Å². The highest BCUT2D eigenvalue weighted by Crippen LogP contribution is 2.17. The Balaban J connectivity index is 1.93. The molecular weight excluding hydrogens is 226 g/mol. The number of hydrogen-bond acceptors (Lipinski definition) is 3. The summed E-state index contributed by atoms with van der Waals surface area (Å²) in [5, 5.41) is 9.67. The second-order valence-electron chi connectivity index (χ2n) is 5.36. The summed E-state index contributed by atoms with van der Waals surface area (Å²) in [4.78, 5) is 14.2. The van der Waals surface area contributed by atoms with Crippen LogP contribution in [0.15, 0.2) is 24.3 Å². The van der Waals surface area contributed by atoms with Crippen molar-refractivity contribution in [3.05, 3.63) is 35.4 Å². The molecule has 1 heterocycles. The summed E-state index contributed by atoms with van der Waals surface area (Å²) in [6, 6.07) is 7.71. The van der Waals surface area contributed by atoms with E-state index in [-0.39, 0.29) is 17.8 Å². The van der Waals surface area contributed by atoms with Gasteiger partial charge in [-0.05, 0) is 19.3 Å². The highest BCUT2D eigenvalue weighted by atomic mass is 16.3. The summed E-state index contributed by atoms with van der Waals surface area (Å²) >= 11 is 0. The van der Waals surface area contributed by atoms with Crippen molar-refractivity contribution in [3.8, 4) is 0 Å². The molecule has 18 heavy (non-hydrogen) atoms. The molecule has 2 atom stereocenters. The van der Waals surface area contributed by atoms with Gasteiger partial charge in [-0.3, -0.25) is 9.69 Å².